The van der Waals surface area contributed by atoms with E-state index in [4.69, 9.17) is 0 Å². The lowest BCUT2D eigenvalue weighted by molar-refractivity contribution is 1.62. The Bertz CT molecular complexity index is 1880. The largest absolute Gasteiger partial charge is 0.0622 e. The van der Waals surface area contributed by atoms with Gasteiger partial charge in [0.25, 0.3) is 0 Å². The molecule has 0 aliphatic rings. The summed E-state index contributed by atoms with van der Waals surface area (Å²) in [6.07, 6.45) is 0. The third-order valence-electron chi connectivity index (χ3n) is 7.24. The normalized spacial score (nSPS) is 11.3. The number of rotatable bonds is 3. The van der Waals surface area contributed by atoms with Gasteiger partial charge in [-0.15, -0.1) is 0 Å². The molecule has 0 spiro atoms. The molecule has 7 aromatic rings. The number of hydrogen-bond acceptors (Lipinski definition) is 0. The van der Waals surface area contributed by atoms with Gasteiger partial charge in [0.05, 0.1) is 0 Å². The van der Waals surface area contributed by atoms with Crippen LogP contribution < -0.4 is 0 Å². The first-order valence-corrected chi connectivity index (χ1v) is 12.4. The minimum Gasteiger partial charge on any atom is -0.0622 e. The average molecular weight is 457 g/mol. The average Bonchev–Trinajstić information content (AvgIpc) is 2.96. The zero-order valence-electron chi connectivity index (χ0n) is 19.9. The molecule has 7 aromatic carbocycles. The summed E-state index contributed by atoms with van der Waals surface area (Å²) in [5.41, 5.74) is 7.49. The monoisotopic (exact) mass is 456 g/mol. The Morgan fingerprint density at radius 1 is 0.250 bits per heavy atom. The maximum atomic E-state index is 2.37. The van der Waals surface area contributed by atoms with E-state index < -0.39 is 0 Å². The fourth-order valence-electron chi connectivity index (χ4n) is 5.37. The Morgan fingerprint density at radius 2 is 0.750 bits per heavy atom. The van der Waals surface area contributed by atoms with Gasteiger partial charge < -0.3 is 0 Å². The van der Waals surface area contributed by atoms with Gasteiger partial charge in [-0.3, -0.25) is 0 Å². The van der Waals surface area contributed by atoms with Crippen molar-refractivity contribution in [1.82, 2.24) is 0 Å². The molecule has 0 heteroatoms. The van der Waals surface area contributed by atoms with E-state index in [1.54, 1.807) is 0 Å². The Morgan fingerprint density at radius 3 is 1.44 bits per heavy atom. The van der Waals surface area contributed by atoms with E-state index in [1.165, 1.54) is 65.7 Å². The van der Waals surface area contributed by atoms with E-state index in [2.05, 4.69) is 146 Å². The predicted molar refractivity (Wildman–Crippen MR) is 155 cm³/mol. The van der Waals surface area contributed by atoms with E-state index in [9.17, 15) is 0 Å². The second-order valence-electron chi connectivity index (χ2n) is 9.41. The van der Waals surface area contributed by atoms with Crippen LogP contribution in [0.4, 0.5) is 0 Å². The van der Waals surface area contributed by atoms with Gasteiger partial charge in [0, 0.05) is 0 Å². The van der Waals surface area contributed by atoms with Crippen LogP contribution >= 0.6 is 0 Å². The Kier molecular flexibility index (Phi) is 4.89. The second-order valence-corrected chi connectivity index (χ2v) is 9.41. The van der Waals surface area contributed by atoms with E-state index >= 15 is 0 Å². The van der Waals surface area contributed by atoms with Crippen molar-refractivity contribution < 1.29 is 0 Å². The lowest BCUT2D eigenvalue weighted by Crippen LogP contribution is -1.88. The minimum absolute atomic E-state index is 1.24. The van der Waals surface area contributed by atoms with Crippen molar-refractivity contribution in [1.29, 1.82) is 0 Å². The van der Waals surface area contributed by atoms with Crippen LogP contribution in [0.25, 0.3) is 65.7 Å². The van der Waals surface area contributed by atoms with Gasteiger partial charge in [0.2, 0.25) is 0 Å². The summed E-state index contributed by atoms with van der Waals surface area (Å²) >= 11 is 0. The van der Waals surface area contributed by atoms with Crippen molar-refractivity contribution in [3.05, 3.63) is 146 Å². The summed E-state index contributed by atoms with van der Waals surface area (Å²) in [6.45, 7) is 0. The van der Waals surface area contributed by atoms with Gasteiger partial charge in [-0.05, 0) is 83.9 Å². The highest BCUT2D eigenvalue weighted by atomic mass is 14.2. The zero-order chi connectivity index (χ0) is 23.9. The van der Waals surface area contributed by atoms with Gasteiger partial charge in [-0.2, -0.15) is 0 Å². The summed E-state index contributed by atoms with van der Waals surface area (Å²) in [7, 11) is 0. The van der Waals surface area contributed by atoms with Crippen molar-refractivity contribution >= 4 is 32.3 Å². The molecule has 0 radical (unpaired) electrons. The van der Waals surface area contributed by atoms with Crippen LogP contribution in [0.3, 0.4) is 0 Å². The Balaban J connectivity index is 1.46. The molecule has 0 heterocycles. The minimum atomic E-state index is 1.24. The molecule has 0 fully saturated rings. The van der Waals surface area contributed by atoms with Crippen molar-refractivity contribution in [2.75, 3.05) is 0 Å². The first-order valence-electron chi connectivity index (χ1n) is 12.4. The topological polar surface area (TPSA) is 0 Å². The molecule has 0 bridgehead atoms. The van der Waals surface area contributed by atoms with Crippen LogP contribution in [0.2, 0.25) is 0 Å². The SMILES string of the molecule is c1ccc(-c2ccc(-c3ccc4ccccc4c3)c3ccc(-c4ccc5ccccc5c4)cc23)cc1. The molecule has 0 amide bonds. The predicted octanol–water partition coefficient (Wildman–Crippen LogP) is 10.1. The molecule has 0 aliphatic carbocycles. The summed E-state index contributed by atoms with van der Waals surface area (Å²) in [4.78, 5) is 0. The molecule has 0 saturated heterocycles. The van der Waals surface area contributed by atoms with Crippen LogP contribution in [0.1, 0.15) is 0 Å². The van der Waals surface area contributed by atoms with Crippen LogP contribution in [0.5, 0.6) is 0 Å². The zero-order valence-corrected chi connectivity index (χ0v) is 19.9. The lowest BCUT2D eigenvalue weighted by atomic mass is 9.89. The number of benzene rings is 7. The van der Waals surface area contributed by atoms with E-state index in [-0.39, 0.29) is 0 Å². The molecule has 0 N–H and O–H groups in total. The van der Waals surface area contributed by atoms with Crippen LogP contribution in [-0.2, 0) is 0 Å². The van der Waals surface area contributed by atoms with E-state index in [0.29, 0.717) is 0 Å². The molecular weight excluding hydrogens is 432 g/mol. The first-order chi connectivity index (χ1) is 17.8. The highest BCUT2D eigenvalue weighted by Gasteiger charge is 2.12. The van der Waals surface area contributed by atoms with Crippen LogP contribution in [0.15, 0.2) is 146 Å². The van der Waals surface area contributed by atoms with E-state index in [0.717, 1.165) is 0 Å². The van der Waals surface area contributed by atoms with Gasteiger partial charge in [0.1, 0.15) is 0 Å². The Labute approximate surface area is 211 Å². The van der Waals surface area contributed by atoms with E-state index in [1.807, 2.05) is 0 Å². The van der Waals surface area contributed by atoms with Crippen molar-refractivity contribution in [2.24, 2.45) is 0 Å². The molecule has 0 saturated carbocycles. The smallest absolute Gasteiger partial charge is 0.00930 e. The quantitative estimate of drug-likeness (QED) is 0.248. The van der Waals surface area contributed by atoms with Gasteiger partial charge in [-0.1, -0.05) is 127 Å². The molecule has 0 aromatic heterocycles. The summed E-state index contributed by atoms with van der Waals surface area (Å²) in [5.74, 6) is 0. The maximum absolute atomic E-state index is 2.37. The van der Waals surface area contributed by atoms with Gasteiger partial charge >= 0.3 is 0 Å². The molecule has 0 unspecified atom stereocenters. The number of hydrogen-bond donors (Lipinski definition) is 0. The van der Waals surface area contributed by atoms with Crippen LogP contribution in [-0.4, -0.2) is 0 Å². The molecule has 36 heavy (non-hydrogen) atoms. The molecule has 0 aliphatic heterocycles. The molecule has 0 atom stereocenters. The van der Waals surface area contributed by atoms with Crippen molar-refractivity contribution in [3.8, 4) is 33.4 Å². The molecule has 7 rings (SSSR count). The fourth-order valence-corrected chi connectivity index (χ4v) is 5.37. The second kappa shape index (κ2) is 8.52. The molecule has 0 nitrogen and oxygen atoms in total. The molecule has 168 valence electrons. The maximum Gasteiger partial charge on any atom is -0.00930 e. The van der Waals surface area contributed by atoms with Crippen LogP contribution in [0, 0.1) is 0 Å². The summed E-state index contributed by atoms with van der Waals surface area (Å²) in [5, 5.41) is 7.62. The standard InChI is InChI=1S/C36H24/c1-2-10-27(11-3-1)33-20-21-34(32-17-15-26-9-5-7-13-29(26)23-32)35-19-18-31(24-36(33)35)30-16-14-25-8-4-6-12-28(25)22-30/h1-24H. The fraction of sp³-hybridized carbons (Fsp3) is 0. The lowest BCUT2D eigenvalue weighted by Gasteiger charge is -2.15. The first kappa shape index (κ1) is 20.7. The third-order valence-corrected chi connectivity index (χ3v) is 7.24. The van der Waals surface area contributed by atoms with Gasteiger partial charge in [0.15, 0.2) is 0 Å². The van der Waals surface area contributed by atoms with Crippen molar-refractivity contribution in [2.45, 2.75) is 0 Å². The van der Waals surface area contributed by atoms with Crippen molar-refractivity contribution in [3.63, 3.8) is 0 Å². The molecular formula is C36H24. The Hall–Kier alpha value is -4.68. The summed E-state index contributed by atoms with van der Waals surface area (Å²) in [6, 6.07) is 52.9. The summed E-state index contributed by atoms with van der Waals surface area (Å²) < 4.78 is 0. The van der Waals surface area contributed by atoms with Gasteiger partial charge in [-0.25, -0.2) is 0 Å². The highest BCUT2D eigenvalue weighted by Crippen LogP contribution is 2.39. The third kappa shape index (κ3) is 3.56. The highest BCUT2D eigenvalue weighted by molar-refractivity contribution is 6.07. The number of fused-ring (bicyclic) bond motifs is 3.